The summed E-state index contributed by atoms with van der Waals surface area (Å²) >= 11 is 0. The van der Waals surface area contributed by atoms with Crippen molar-refractivity contribution in [1.82, 2.24) is 15.3 Å². The average Bonchev–Trinajstić information content (AvgIpc) is 2.38. The fourth-order valence-electron chi connectivity index (χ4n) is 2.66. The second-order valence-corrected chi connectivity index (χ2v) is 5.54. The lowest BCUT2D eigenvalue weighted by Crippen LogP contribution is -2.39. The van der Waals surface area contributed by atoms with E-state index in [0.717, 1.165) is 43.0 Å². The van der Waals surface area contributed by atoms with E-state index in [0.29, 0.717) is 0 Å². The van der Waals surface area contributed by atoms with E-state index >= 15 is 0 Å². The molecule has 0 spiro atoms. The molecule has 0 aliphatic carbocycles. The van der Waals surface area contributed by atoms with Crippen LogP contribution in [0.1, 0.15) is 18.7 Å². The van der Waals surface area contributed by atoms with Crippen LogP contribution in [0.3, 0.4) is 0 Å². The van der Waals surface area contributed by atoms with Crippen molar-refractivity contribution in [2.75, 3.05) is 50.6 Å². The van der Waals surface area contributed by atoms with Gasteiger partial charge in [-0.05, 0) is 39.3 Å². The Balaban J connectivity index is 2.16. The van der Waals surface area contributed by atoms with Crippen LogP contribution in [0.25, 0.3) is 0 Å². The Labute approximate surface area is 116 Å². The Hall–Kier alpha value is -1.36. The number of aryl methyl sites for hydroxylation is 1. The summed E-state index contributed by atoms with van der Waals surface area (Å²) in [7, 11) is 6.06. The Morgan fingerprint density at radius 1 is 1.42 bits per heavy atom. The SMILES string of the molecule is CNCC1CCCN(c2cc(N(C)C)nc(C)n2)C1. The van der Waals surface area contributed by atoms with Crippen molar-refractivity contribution in [1.29, 1.82) is 0 Å². The summed E-state index contributed by atoms with van der Waals surface area (Å²) < 4.78 is 0. The molecule has 1 N–H and O–H groups in total. The molecule has 5 heteroatoms. The number of aromatic nitrogens is 2. The van der Waals surface area contributed by atoms with E-state index in [2.05, 4.69) is 26.3 Å². The zero-order valence-electron chi connectivity index (χ0n) is 12.5. The topological polar surface area (TPSA) is 44.3 Å². The fourth-order valence-corrected chi connectivity index (χ4v) is 2.66. The molecule has 5 nitrogen and oxygen atoms in total. The van der Waals surface area contributed by atoms with Crippen molar-refractivity contribution in [2.24, 2.45) is 5.92 Å². The lowest BCUT2D eigenvalue weighted by atomic mass is 9.98. The van der Waals surface area contributed by atoms with Crippen molar-refractivity contribution in [3.05, 3.63) is 11.9 Å². The summed E-state index contributed by atoms with van der Waals surface area (Å²) in [6.45, 7) is 5.24. The monoisotopic (exact) mass is 263 g/mol. The van der Waals surface area contributed by atoms with Crippen LogP contribution in [-0.4, -0.2) is 50.7 Å². The molecule has 1 aliphatic heterocycles. The first-order valence-corrected chi connectivity index (χ1v) is 7.02. The molecule has 0 aromatic carbocycles. The highest BCUT2D eigenvalue weighted by Gasteiger charge is 2.21. The van der Waals surface area contributed by atoms with Crippen LogP contribution in [0.4, 0.5) is 11.6 Å². The van der Waals surface area contributed by atoms with Crippen molar-refractivity contribution < 1.29 is 0 Å². The number of nitrogens with zero attached hydrogens (tertiary/aromatic N) is 4. The van der Waals surface area contributed by atoms with E-state index in [9.17, 15) is 0 Å². The maximum Gasteiger partial charge on any atom is 0.134 e. The van der Waals surface area contributed by atoms with Crippen LogP contribution in [0.5, 0.6) is 0 Å². The summed E-state index contributed by atoms with van der Waals surface area (Å²) in [4.78, 5) is 13.5. The first-order chi connectivity index (χ1) is 9.10. The third-order valence-electron chi connectivity index (χ3n) is 3.60. The molecule has 1 aromatic heterocycles. The van der Waals surface area contributed by atoms with E-state index in [-0.39, 0.29) is 0 Å². The second-order valence-electron chi connectivity index (χ2n) is 5.54. The number of hydrogen-bond donors (Lipinski definition) is 1. The third-order valence-corrected chi connectivity index (χ3v) is 3.60. The van der Waals surface area contributed by atoms with Gasteiger partial charge < -0.3 is 15.1 Å². The molecule has 0 saturated carbocycles. The van der Waals surface area contributed by atoms with Crippen molar-refractivity contribution in [3.63, 3.8) is 0 Å². The summed E-state index contributed by atoms with van der Waals surface area (Å²) in [5.74, 6) is 3.61. The largest absolute Gasteiger partial charge is 0.363 e. The zero-order chi connectivity index (χ0) is 13.8. The van der Waals surface area contributed by atoms with Gasteiger partial charge in [-0.25, -0.2) is 9.97 Å². The fraction of sp³-hybridized carbons (Fsp3) is 0.714. The molecule has 1 aliphatic rings. The molecule has 2 heterocycles. The van der Waals surface area contributed by atoms with Gasteiger partial charge in [-0.1, -0.05) is 0 Å². The minimum Gasteiger partial charge on any atom is -0.363 e. The molecular formula is C14H25N5. The highest BCUT2D eigenvalue weighted by molar-refractivity contribution is 5.50. The van der Waals surface area contributed by atoms with Crippen LogP contribution in [0.2, 0.25) is 0 Å². The lowest BCUT2D eigenvalue weighted by molar-refractivity contribution is 0.401. The molecule has 0 bridgehead atoms. The number of nitrogens with one attached hydrogen (secondary N) is 1. The summed E-state index contributed by atoms with van der Waals surface area (Å²) in [5.41, 5.74) is 0. The predicted octanol–water partition coefficient (Wildman–Crippen LogP) is 1.29. The van der Waals surface area contributed by atoms with Gasteiger partial charge in [0.05, 0.1) is 0 Å². The van der Waals surface area contributed by atoms with E-state index in [4.69, 9.17) is 0 Å². The third kappa shape index (κ3) is 3.56. The Bertz CT molecular complexity index is 416. The molecule has 1 fully saturated rings. The van der Waals surface area contributed by atoms with Gasteiger partial charge in [0, 0.05) is 33.3 Å². The molecule has 1 saturated heterocycles. The van der Waals surface area contributed by atoms with Gasteiger partial charge in [0.25, 0.3) is 0 Å². The molecule has 0 radical (unpaired) electrons. The Morgan fingerprint density at radius 2 is 2.21 bits per heavy atom. The van der Waals surface area contributed by atoms with E-state index in [1.54, 1.807) is 0 Å². The number of piperidine rings is 1. The number of rotatable bonds is 4. The molecular weight excluding hydrogens is 238 g/mol. The molecule has 106 valence electrons. The standard InChI is InChI=1S/C14H25N5/c1-11-16-13(18(3)4)8-14(17-11)19-7-5-6-12(10-19)9-15-2/h8,12,15H,5-7,9-10H2,1-4H3. The molecule has 1 atom stereocenters. The molecule has 1 unspecified atom stereocenters. The summed E-state index contributed by atoms with van der Waals surface area (Å²) in [6.07, 6.45) is 2.55. The molecule has 0 amide bonds. The summed E-state index contributed by atoms with van der Waals surface area (Å²) in [6, 6.07) is 2.09. The van der Waals surface area contributed by atoms with Crippen molar-refractivity contribution in [2.45, 2.75) is 19.8 Å². The highest BCUT2D eigenvalue weighted by atomic mass is 15.2. The van der Waals surface area contributed by atoms with E-state index in [1.165, 1.54) is 12.8 Å². The zero-order valence-corrected chi connectivity index (χ0v) is 12.5. The molecule has 19 heavy (non-hydrogen) atoms. The second kappa shape index (κ2) is 6.19. The van der Waals surface area contributed by atoms with E-state index in [1.807, 2.05) is 33.0 Å². The van der Waals surface area contributed by atoms with Gasteiger partial charge >= 0.3 is 0 Å². The van der Waals surface area contributed by atoms with Crippen molar-refractivity contribution >= 4 is 11.6 Å². The number of anilines is 2. The average molecular weight is 263 g/mol. The number of hydrogen-bond acceptors (Lipinski definition) is 5. The lowest BCUT2D eigenvalue weighted by Gasteiger charge is -2.34. The van der Waals surface area contributed by atoms with Crippen LogP contribution >= 0.6 is 0 Å². The normalized spacial score (nSPS) is 19.6. The quantitative estimate of drug-likeness (QED) is 0.887. The Morgan fingerprint density at radius 3 is 2.89 bits per heavy atom. The first-order valence-electron chi connectivity index (χ1n) is 7.02. The molecule has 2 rings (SSSR count). The van der Waals surface area contributed by atoms with Crippen LogP contribution in [-0.2, 0) is 0 Å². The first kappa shape index (κ1) is 14.1. The van der Waals surface area contributed by atoms with Gasteiger partial charge in [0.1, 0.15) is 17.5 Å². The smallest absolute Gasteiger partial charge is 0.134 e. The van der Waals surface area contributed by atoms with Crippen LogP contribution in [0, 0.1) is 12.8 Å². The van der Waals surface area contributed by atoms with Crippen LogP contribution < -0.4 is 15.1 Å². The minimum atomic E-state index is 0.719. The summed E-state index contributed by atoms with van der Waals surface area (Å²) in [5, 5.41) is 3.28. The maximum atomic E-state index is 4.60. The van der Waals surface area contributed by atoms with Crippen LogP contribution in [0.15, 0.2) is 6.07 Å². The molecule has 1 aromatic rings. The maximum absolute atomic E-state index is 4.60. The van der Waals surface area contributed by atoms with Gasteiger partial charge in [0.2, 0.25) is 0 Å². The van der Waals surface area contributed by atoms with Gasteiger partial charge in [-0.3, -0.25) is 0 Å². The highest BCUT2D eigenvalue weighted by Crippen LogP contribution is 2.23. The van der Waals surface area contributed by atoms with Crippen molar-refractivity contribution in [3.8, 4) is 0 Å². The van der Waals surface area contributed by atoms with Gasteiger partial charge in [0.15, 0.2) is 0 Å². The Kier molecular flexibility index (Phi) is 4.58. The predicted molar refractivity (Wildman–Crippen MR) is 80.0 cm³/mol. The minimum absolute atomic E-state index is 0.719. The van der Waals surface area contributed by atoms with Gasteiger partial charge in [-0.15, -0.1) is 0 Å². The van der Waals surface area contributed by atoms with Gasteiger partial charge in [-0.2, -0.15) is 0 Å². The van der Waals surface area contributed by atoms with E-state index < -0.39 is 0 Å².